The third-order valence-electron chi connectivity index (χ3n) is 18.5. The van der Waals surface area contributed by atoms with E-state index in [1.54, 1.807) is 42.7 Å². The number of piperazine rings is 2. The first-order valence-corrected chi connectivity index (χ1v) is 40.7. The van der Waals surface area contributed by atoms with Crippen LogP contribution >= 0.6 is 81.2 Å². The van der Waals surface area contributed by atoms with Gasteiger partial charge in [0.2, 0.25) is 0 Å². The van der Waals surface area contributed by atoms with E-state index in [4.69, 9.17) is 86.3 Å². The number of carbonyl (C=O) groups excluding carboxylic acids is 1. The van der Waals surface area contributed by atoms with Crippen LogP contribution in [-0.2, 0) is 32.1 Å². The number of carboxylic acids is 1. The monoisotopic (exact) mass is 1750 g/mol. The number of imidazole rings is 2. The Balaban J connectivity index is 0.000000275. The summed E-state index contributed by atoms with van der Waals surface area (Å²) in [5.41, 5.74) is 15.4. The Kier molecular flexibility index (Phi) is 50.0. The molecule has 0 bridgehead atoms. The maximum absolute atomic E-state index is 12.8. The van der Waals surface area contributed by atoms with Crippen molar-refractivity contribution in [2.75, 3.05) is 66.5 Å². The second-order valence-corrected chi connectivity index (χ2v) is 29.7. The van der Waals surface area contributed by atoms with Crippen molar-refractivity contribution < 1.29 is 99.0 Å². The van der Waals surface area contributed by atoms with Gasteiger partial charge in [-0.25, -0.2) is 23.5 Å². The maximum atomic E-state index is 12.8. The SMILES string of the molecule is CC(c1ccc(Cl)cc1)c1ccc(Cl)cc1.CC(c1ccc(F)cc1)c1ccc(F)cc1.CCc1ccc(Cl)c(Cl)c1.CCc1ccc(Cl)cc1.CCc1cccc(Cl)c1.CCc1ccccc1.CCc1ccccc1Cl.CN1CCN(C(=O)c2ccc3nc[nH]c3c2)CC1.CN1CCNCC1.O=C(O)c1ccc2nc[nH]c2c1.[Ar].[Ar]. The molecular weight excluding hydrogens is 1660 g/mol. The van der Waals surface area contributed by atoms with Gasteiger partial charge in [0.25, 0.3) is 5.91 Å². The molecule has 4 heterocycles. The second-order valence-electron chi connectivity index (χ2n) is 26.7. The van der Waals surface area contributed by atoms with Crippen molar-refractivity contribution in [3.8, 4) is 0 Å². The first kappa shape index (κ1) is 102. The van der Waals surface area contributed by atoms with Gasteiger partial charge >= 0.3 is 5.97 Å². The summed E-state index contributed by atoms with van der Waals surface area (Å²) in [4.78, 5) is 43.4. The van der Waals surface area contributed by atoms with E-state index >= 15 is 0 Å². The molecule has 22 heteroatoms. The minimum Gasteiger partial charge on any atom is -0.478 e. The minimum absolute atomic E-state index is 0. The number of fused-ring (bicyclic) bond motifs is 2. The van der Waals surface area contributed by atoms with E-state index < -0.39 is 5.97 Å². The van der Waals surface area contributed by atoms with Gasteiger partial charge in [-0.3, -0.25) is 4.79 Å². The number of nitrogens with one attached hydrogen (secondary N) is 3. The molecule has 2 fully saturated rings. The molecule has 116 heavy (non-hydrogen) atoms. The Morgan fingerprint density at radius 1 is 0.397 bits per heavy atom. The van der Waals surface area contributed by atoms with Crippen molar-refractivity contribution in [3.63, 3.8) is 0 Å². The molecule has 11 aromatic carbocycles. The van der Waals surface area contributed by atoms with E-state index in [2.05, 4.69) is 145 Å². The van der Waals surface area contributed by atoms with Crippen LogP contribution in [0.5, 0.6) is 0 Å². The van der Waals surface area contributed by atoms with Crippen molar-refractivity contribution in [1.29, 1.82) is 0 Å². The summed E-state index contributed by atoms with van der Waals surface area (Å²) in [5, 5.41) is 17.2. The molecule has 2 aliphatic rings. The fraction of sp³-hybridized carbons (Fsp3) is 0.255. The Hall–Kier alpha value is -6.41. The van der Waals surface area contributed by atoms with E-state index in [9.17, 15) is 18.4 Å². The average Bonchev–Trinajstić information content (AvgIpc) is 1.75. The Morgan fingerprint density at radius 2 is 0.793 bits per heavy atom. The van der Waals surface area contributed by atoms with E-state index in [-0.39, 0.29) is 104 Å². The summed E-state index contributed by atoms with van der Waals surface area (Å²) in [6, 6.07) is 79.0. The second kappa shape index (κ2) is 56.9. The summed E-state index contributed by atoms with van der Waals surface area (Å²) in [5.74, 6) is -0.799. The number of aromatic nitrogens is 4. The molecule has 2 aliphatic heterocycles. The summed E-state index contributed by atoms with van der Waals surface area (Å²) in [7, 11) is 4.24. The fourth-order valence-corrected chi connectivity index (χ4v) is 12.4. The molecule has 0 saturated carbocycles. The maximum Gasteiger partial charge on any atom is 0.335 e. The molecule has 0 unspecified atom stereocenters. The van der Waals surface area contributed by atoms with Crippen LogP contribution in [0.15, 0.2) is 267 Å². The molecule has 0 radical (unpaired) electrons. The average molecular weight is 1760 g/mol. The van der Waals surface area contributed by atoms with Gasteiger partial charge in [0, 0.05) is 170 Å². The number of benzene rings is 11. The number of H-pyrrole nitrogens is 2. The van der Waals surface area contributed by atoms with Gasteiger partial charge < -0.3 is 35.1 Å². The summed E-state index contributed by atoms with van der Waals surface area (Å²) >= 11 is 40.4. The number of carboxylic acid groups (broad SMARTS) is 1. The number of hydrogen-bond donors (Lipinski definition) is 4. The molecule has 0 aliphatic carbocycles. The van der Waals surface area contributed by atoms with Crippen LogP contribution in [0.1, 0.15) is 131 Å². The van der Waals surface area contributed by atoms with Crippen LogP contribution in [0, 0.1) is 87.1 Å². The standard InChI is InChI=1S/C14H12Cl2.C14H12F2.C13H16N4O.C8H8Cl2.3C8H9Cl.C8H6N2O2.C8H10.C5H12N2.2Ar/c2*1-10(11-2-6-13(15)7-3-11)12-4-8-14(16)9-5-12;1-16-4-6-17(7-5-16)13(18)10-2-3-11-12(8-10)15-9-14-11;1-2-6-3-4-7(9)8(10)5-6;1-2-7-3-5-8(9)6-4-7;1-2-7-4-3-5-8(9)6-7;1-2-7-5-3-4-6-8(7)9;11-8(12)5-1-2-6-7(3-5)10-4-9-6;1-2-8-6-4-3-5-7-8;1-7-4-2-6-3-5-7;;/h2*2-10H,1H3;2-3,8-9H,4-7H2,1H3,(H,14,15);3-5H,2H2,1H3;3*3-6H,2H2,1H3;1-4H,(H,9,10)(H,11,12);3-7H,2H2,1H3;6H,2-5H2,1H3;;. The van der Waals surface area contributed by atoms with E-state index in [0.29, 0.717) is 16.0 Å². The zero-order valence-electron chi connectivity index (χ0n) is 66.9. The van der Waals surface area contributed by atoms with Crippen LogP contribution in [-0.4, -0.2) is 118 Å². The van der Waals surface area contributed by atoms with E-state index in [1.807, 2.05) is 145 Å². The molecule has 1 amide bonds. The predicted octanol–water partition coefficient (Wildman–Crippen LogP) is 25.5. The molecular formula is C94H103Ar2Cl7F2N8O3. The molecule has 0 atom stereocenters. The first-order valence-electron chi connectivity index (χ1n) is 38.1. The number of aryl methyl sites for hydroxylation is 5. The summed E-state index contributed by atoms with van der Waals surface area (Å²) < 4.78 is 25.5. The van der Waals surface area contributed by atoms with Gasteiger partial charge in [-0.15, -0.1) is 0 Å². The largest absolute Gasteiger partial charge is 0.478 e. The number of nitrogens with zero attached hydrogens (tertiary/aromatic N) is 5. The first-order chi connectivity index (χ1) is 54.9. The smallest absolute Gasteiger partial charge is 0.335 e. The van der Waals surface area contributed by atoms with Gasteiger partial charge in [0.05, 0.1) is 50.3 Å². The normalized spacial score (nSPS) is 11.9. The van der Waals surface area contributed by atoms with Gasteiger partial charge in [0.1, 0.15) is 11.6 Å². The number of rotatable bonds is 11. The van der Waals surface area contributed by atoms with Gasteiger partial charge in [-0.1, -0.05) is 257 Å². The molecule has 2 saturated heterocycles. The number of amides is 1. The van der Waals surface area contributed by atoms with Crippen molar-refractivity contribution in [2.24, 2.45) is 0 Å². The fourth-order valence-electron chi connectivity index (χ4n) is 11.2. The third-order valence-corrected chi connectivity index (χ3v) is 20.6. The van der Waals surface area contributed by atoms with Crippen molar-refractivity contribution in [1.82, 2.24) is 40.0 Å². The molecule has 616 valence electrons. The van der Waals surface area contributed by atoms with Crippen LogP contribution in [0.3, 0.4) is 0 Å². The van der Waals surface area contributed by atoms with Gasteiger partial charge in [-0.2, -0.15) is 0 Å². The summed E-state index contributed by atoms with van der Waals surface area (Å²) in [6.45, 7) is 23.0. The van der Waals surface area contributed by atoms with Gasteiger partial charge in [-0.05, 0) is 224 Å². The predicted molar refractivity (Wildman–Crippen MR) is 478 cm³/mol. The van der Waals surface area contributed by atoms with Crippen LogP contribution < -0.4 is 5.32 Å². The molecule has 15 rings (SSSR count). The minimum atomic E-state index is -0.925. The number of hydrogen-bond acceptors (Lipinski definition) is 7. The Bertz CT molecular complexity index is 4720. The quantitative estimate of drug-likeness (QED) is 0.101. The number of aromatic carboxylic acids is 1. The Morgan fingerprint density at radius 3 is 1.19 bits per heavy atom. The molecule has 11 nitrogen and oxygen atoms in total. The van der Waals surface area contributed by atoms with Crippen LogP contribution in [0.2, 0.25) is 35.2 Å². The summed E-state index contributed by atoms with van der Waals surface area (Å²) in [6.07, 6.45) is 8.47. The number of halogens is 9. The van der Waals surface area contributed by atoms with Gasteiger partial charge in [0.15, 0.2) is 0 Å². The van der Waals surface area contributed by atoms with Crippen molar-refractivity contribution >= 4 is 115 Å². The molecule has 4 N–H and O–H groups in total. The van der Waals surface area contributed by atoms with E-state index in [1.165, 1.54) is 88.7 Å². The zero-order valence-corrected chi connectivity index (χ0v) is 73.6. The van der Waals surface area contributed by atoms with E-state index in [0.717, 1.165) is 135 Å². The molecule has 0 spiro atoms. The number of likely N-dealkylation sites (N-methyl/N-ethyl adjacent to an activating group) is 2. The zero-order chi connectivity index (χ0) is 82.7. The topological polar surface area (TPSA) is 133 Å². The number of carbonyl (C=O) groups is 2. The Labute approximate surface area is 779 Å². The van der Waals surface area contributed by atoms with Crippen LogP contribution in [0.25, 0.3) is 22.1 Å². The number of aromatic amines is 2. The van der Waals surface area contributed by atoms with Crippen LogP contribution in [0.4, 0.5) is 8.78 Å². The molecule has 13 aromatic rings. The third kappa shape index (κ3) is 37.9. The molecule has 2 aromatic heterocycles. The van der Waals surface area contributed by atoms with Crippen molar-refractivity contribution in [2.45, 2.75) is 92.4 Å². The van der Waals surface area contributed by atoms with Crippen molar-refractivity contribution in [3.05, 3.63) is 375 Å².